The second kappa shape index (κ2) is 7.29. The smallest absolute Gasteiger partial charge is 0.121 e. The molecule has 2 aromatic rings. The summed E-state index contributed by atoms with van der Waals surface area (Å²) in [6, 6.07) is 6.55. The Hall–Kier alpha value is -1.55. The van der Waals surface area contributed by atoms with Gasteiger partial charge in [-0.2, -0.15) is 5.10 Å². The number of aromatic nitrogens is 2. The third-order valence-electron chi connectivity index (χ3n) is 3.63. The van der Waals surface area contributed by atoms with Gasteiger partial charge in [0.25, 0.3) is 0 Å². The van der Waals surface area contributed by atoms with E-state index in [1.807, 2.05) is 17.9 Å². The van der Waals surface area contributed by atoms with Crippen LogP contribution in [0.4, 0.5) is 0 Å². The minimum absolute atomic E-state index is 0.283. The van der Waals surface area contributed by atoms with Crippen molar-refractivity contribution in [2.45, 2.75) is 45.6 Å². The summed E-state index contributed by atoms with van der Waals surface area (Å²) in [7, 11) is 1.99. The monoisotopic (exact) mass is 275 g/mol. The molecule has 0 aromatic carbocycles. The van der Waals surface area contributed by atoms with Crippen molar-refractivity contribution in [2.75, 3.05) is 6.54 Å². The van der Waals surface area contributed by atoms with E-state index >= 15 is 0 Å². The van der Waals surface area contributed by atoms with Crippen LogP contribution in [0.3, 0.4) is 0 Å². The lowest BCUT2D eigenvalue weighted by atomic mass is 10.1. The lowest BCUT2D eigenvalue weighted by molar-refractivity contribution is 0.378. The molecule has 0 amide bonds. The maximum absolute atomic E-state index is 5.91. The van der Waals surface area contributed by atoms with E-state index < -0.39 is 0 Å². The SMILES string of the molecule is CCCNC(CCc1ccnn1C)c1ccc(CC)o1. The van der Waals surface area contributed by atoms with E-state index in [9.17, 15) is 0 Å². The maximum atomic E-state index is 5.91. The van der Waals surface area contributed by atoms with Gasteiger partial charge in [-0.1, -0.05) is 13.8 Å². The average molecular weight is 275 g/mol. The molecule has 1 unspecified atom stereocenters. The molecule has 0 saturated carbocycles. The first-order valence-electron chi connectivity index (χ1n) is 7.53. The molecule has 0 bridgehead atoms. The first-order valence-corrected chi connectivity index (χ1v) is 7.53. The van der Waals surface area contributed by atoms with Crippen molar-refractivity contribution in [3.8, 4) is 0 Å². The van der Waals surface area contributed by atoms with Crippen molar-refractivity contribution in [1.82, 2.24) is 15.1 Å². The largest absolute Gasteiger partial charge is 0.464 e. The van der Waals surface area contributed by atoms with Gasteiger partial charge in [0.05, 0.1) is 6.04 Å². The summed E-state index contributed by atoms with van der Waals surface area (Å²) < 4.78 is 7.85. The zero-order chi connectivity index (χ0) is 14.4. The molecule has 0 aliphatic carbocycles. The van der Waals surface area contributed by atoms with E-state index in [0.717, 1.165) is 43.7 Å². The quantitative estimate of drug-likeness (QED) is 0.804. The molecule has 0 fully saturated rings. The Balaban J connectivity index is 2.01. The number of nitrogens with one attached hydrogen (secondary N) is 1. The molecule has 110 valence electrons. The molecule has 20 heavy (non-hydrogen) atoms. The Kier molecular flexibility index (Phi) is 5.41. The molecular weight excluding hydrogens is 250 g/mol. The fraction of sp³-hybridized carbons (Fsp3) is 0.562. The molecule has 2 aromatic heterocycles. The van der Waals surface area contributed by atoms with Crippen molar-refractivity contribution in [3.05, 3.63) is 41.6 Å². The summed E-state index contributed by atoms with van der Waals surface area (Å²) in [5.74, 6) is 2.11. The highest BCUT2D eigenvalue weighted by molar-refractivity contribution is 5.12. The van der Waals surface area contributed by atoms with Crippen LogP contribution in [-0.4, -0.2) is 16.3 Å². The number of aryl methyl sites for hydroxylation is 3. The number of rotatable bonds is 8. The van der Waals surface area contributed by atoms with Crippen LogP contribution in [0.2, 0.25) is 0 Å². The van der Waals surface area contributed by atoms with Gasteiger partial charge in [-0.3, -0.25) is 4.68 Å². The third kappa shape index (κ3) is 3.73. The van der Waals surface area contributed by atoms with Gasteiger partial charge in [0.15, 0.2) is 0 Å². The molecule has 0 aliphatic rings. The highest BCUT2D eigenvalue weighted by Gasteiger charge is 2.15. The number of hydrogen-bond donors (Lipinski definition) is 1. The summed E-state index contributed by atoms with van der Waals surface area (Å²) in [6.45, 7) is 5.32. The topological polar surface area (TPSA) is 43.0 Å². The van der Waals surface area contributed by atoms with Gasteiger partial charge in [0.2, 0.25) is 0 Å². The van der Waals surface area contributed by atoms with Crippen LogP contribution >= 0.6 is 0 Å². The van der Waals surface area contributed by atoms with Crippen LogP contribution in [-0.2, 0) is 19.9 Å². The van der Waals surface area contributed by atoms with Crippen LogP contribution in [0.25, 0.3) is 0 Å². The first-order chi connectivity index (χ1) is 9.74. The Labute approximate surface area is 121 Å². The maximum Gasteiger partial charge on any atom is 0.121 e. The van der Waals surface area contributed by atoms with Crippen molar-refractivity contribution in [1.29, 1.82) is 0 Å². The van der Waals surface area contributed by atoms with Gasteiger partial charge in [-0.05, 0) is 44.0 Å². The van der Waals surface area contributed by atoms with E-state index in [0.29, 0.717) is 0 Å². The van der Waals surface area contributed by atoms with Crippen LogP contribution in [0, 0.1) is 0 Å². The first kappa shape index (κ1) is 14.9. The third-order valence-corrected chi connectivity index (χ3v) is 3.63. The van der Waals surface area contributed by atoms with Crippen LogP contribution in [0.15, 0.2) is 28.8 Å². The van der Waals surface area contributed by atoms with Crippen LogP contribution in [0.5, 0.6) is 0 Å². The summed E-state index contributed by atoms with van der Waals surface area (Å²) in [6.07, 6.45) is 5.95. The zero-order valence-corrected chi connectivity index (χ0v) is 12.7. The van der Waals surface area contributed by atoms with Crippen molar-refractivity contribution < 1.29 is 4.42 Å². The predicted octanol–water partition coefficient (Wildman–Crippen LogP) is 3.25. The Bertz CT molecular complexity index is 515. The van der Waals surface area contributed by atoms with E-state index in [-0.39, 0.29) is 6.04 Å². The molecule has 1 atom stereocenters. The fourth-order valence-electron chi connectivity index (χ4n) is 2.37. The van der Waals surface area contributed by atoms with Crippen molar-refractivity contribution in [3.63, 3.8) is 0 Å². The Morgan fingerprint density at radius 1 is 1.30 bits per heavy atom. The molecule has 0 saturated heterocycles. The number of hydrogen-bond acceptors (Lipinski definition) is 3. The zero-order valence-electron chi connectivity index (χ0n) is 12.7. The number of furan rings is 1. The summed E-state index contributed by atoms with van der Waals surface area (Å²) in [5, 5.41) is 7.80. The molecular formula is C16H25N3O. The fourth-order valence-corrected chi connectivity index (χ4v) is 2.37. The molecule has 2 heterocycles. The summed E-state index contributed by atoms with van der Waals surface area (Å²) in [5.41, 5.74) is 1.26. The van der Waals surface area contributed by atoms with E-state index in [4.69, 9.17) is 4.42 Å². The van der Waals surface area contributed by atoms with E-state index in [2.05, 4.69) is 42.5 Å². The van der Waals surface area contributed by atoms with Crippen LogP contribution in [0.1, 0.15) is 49.9 Å². The molecule has 4 heteroatoms. The van der Waals surface area contributed by atoms with Gasteiger partial charge in [0.1, 0.15) is 11.5 Å². The molecule has 0 aliphatic heterocycles. The molecule has 2 rings (SSSR count). The second-order valence-corrected chi connectivity index (χ2v) is 5.15. The van der Waals surface area contributed by atoms with Crippen LogP contribution < -0.4 is 5.32 Å². The lowest BCUT2D eigenvalue weighted by Gasteiger charge is -2.16. The van der Waals surface area contributed by atoms with Gasteiger partial charge in [-0.15, -0.1) is 0 Å². The lowest BCUT2D eigenvalue weighted by Crippen LogP contribution is -2.22. The van der Waals surface area contributed by atoms with E-state index in [1.165, 1.54) is 5.69 Å². The molecule has 1 N–H and O–H groups in total. The Morgan fingerprint density at radius 2 is 2.15 bits per heavy atom. The second-order valence-electron chi connectivity index (χ2n) is 5.15. The van der Waals surface area contributed by atoms with Crippen molar-refractivity contribution >= 4 is 0 Å². The Morgan fingerprint density at radius 3 is 2.75 bits per heavy atom. The predicted molar refractivity (Wildman–Crippen MR) is 80.6 cm³/mol. The molecule has 0 spiro atoms. The highest BCUT2D eigenvalue weighted by Crippen LogP contribution is 2.22. The standard InChI is InChI=1S/C16H25N3O/c1-4-11-17-15(16-9-7-14(5-2)20-16)8-6-13-10-12-18-19(13)3/h7,9-10,12,15,17H,4-6,8,11H2,1-3H3. The normalized spacial score (nSPS) is 12.8. The summed E-state index contributed by atoms with van der Waals surface area (Å²) >= 11 is 0. The van der Waals surface area contributed by atoms with Gasteiger partial charge < -0.3 is 9.73 Å². The highest BCUT2D eigenvalue weighted by atomic mass is 16.3. The number of nitrogens with zero attached hydrogens (tertiary/aromatic N) is 2. The average Bonchev–Trinajstić information content (AvgIpc) is 3.08. The van der Waals surface area contributed by atoms with Gasteiger partial charge in [0, 0.05) is 25.4 Å². The summed E-state index contributed by atoms with van der Waals surface area (Å²) in [4.78, 5) is 0. The minimum atomic E-state index is 0.283. The molecule has 0 radical (unpaired) electrons. The van der Waals surface area contributed by atoms with Gasteiger partial charge >= 0.3 is 0 Å². The van der Waals surface area contributed by atoms with Gasteiger partial charge in [-0.25, -0.2) is 0 Å². The van der Waals surface area contributed by atoms with Crippen molar-refractivity contribution in [2.24, 2.45) is 7.05 Å². The molecule has 4 nitrogen and oxygen atoms in total. The minimum Gasteiger partial charge on any atom is -0.464 e. The van der Waals surface area contributed by atoms with E-state index in [1.54, 1.807) is 0 Å².